The lowest BCUT2D eigenvalue weighted by Crippen LogP contribution is -2.47. The maximum atomic E-state index is 5.04. The Morgan fingerprint density at radius 1 is 1.08 bits per heavy atom. The molecule has 3 aliphatic rings. The second-order valence-corrected chi connectivity index (χ2v) is 7.67. The third-order valence-electron chi connectivity index (χ3n) is 6.08. The van der Waals surface area contributed by atoms with Gasteiger partial charge in [-0.3, -0.25) is 10.7 Å². The summed E-state index contributed by atoms with van der Waals surface area (Å²) in [5, 5.41) is 3.62. The normalized spacial score (nSPS) is 31.8. The number of hydrazine groups is 1. The molecule has 3 saturated heterocycles. The highest BCUT2D eigenvalue weighted by Crippen LogP contribution is 2.36. The summed E-state index contributed by atoms with van der Waals surface area (Å²) < 4.78 is 2.17. The summed E-state index contributed by atoms with van der Waals surface area (Å²) in [4.78, 5) is 11.7. The molecule has 138 valence electrons. The van der Waals surface area contributed by atoms with E-state index in [1.165, 1.54) is 19.3 Å². The average Bonchev–Trinajstić information content (AvgIpc) is 3.38. The van der Waals surface area contributed by atoms with Gasteiger partial charge in [0.15, 0.2) is 0 Å². The molecule has 4 atom stereocenters. The van der Waals surface area contributed by atoms with E-state index in [1.807, 2.05) is 18.7 Å². The Labute approximate surface area is 154 Å². The lowest BCUT2D eigenvalue weighted by atomic mass is 9.85. The van der Waals surface area contributed by atoms with Crippen LogP contribution in [0.3, 0.4) is 0 Å². The van der Waals surface area contributed by atoms with Crippen molar-refractivity contribution in [1.29, 1.82) is 0 Å². The lowest BCUT2D eigenvalue weighted by Gasteiger charge is -2.35. The van der Waals surface area contributed by atoms with Crippen molar-refractivity contribution >= 4 is 5.82 Å². The molecular weight excluding hydrogens is 326 g/mol. The first-order valence-corrected chi connectivity index (χ1v) is 9.82. The molecule has 5 rings (SSSR count). The van der Waals surface area contributed by atoms with Gasteiger partial charge in [-0.05, 0) is 37.8 Å². The fourth-order valence-corrected chi connectivity index (χ4v) is 4.64. The van der Waals surface area contributed by atoms with Gasteiger partial charge in [-0.25, -0.2) is 15.4 Å². The molecular formula is C19H27N7. The fourth-order valence-electron chi connectivity index (χ4n) is 4.64. The maximum absolute atomic E-state index is 5.04. The highest BCUT2D eigenvalue weighted by Gasteiger charge is 2.42. The summed E-state index contributed by atoms with van der Waals surface area (Å²) in [5.41, 5.74) is 8.15. The molecule has 5 heterocycles. The number of anilines is 1. The molecule has 2 aromatic heterocycles. The monoisotopic (exact) mass is 353 g/mol. The molecule has 3 fully saturated rings. The van der Waals surface area contributed by atoms with Crippen molar-refractivity contribution in [3.63, 3.8) is 0 Å². The third-order valence-corrected chi connectivity index (χ3v) is 6.08. The van der Waals surface area contributed by atoms with E-state index in [0.717, 1.165) is 37.6 Å². The Kier molecular flexibility index (Phi) is 4.36. The zero-order valence-corrected chi connectivity index (χ0v) is 15.0. The van der Waals surface area contributed by atoms with Crippen LogP contribution in [-0.4, -0.2) is 40.2 Å². The van der Waals surface area contributed by atoms with Gasteiger partial charge in [-0.1, -0.05) is 6.07 Å². The van der Waals surface area contributed by atoms with Crippen LogP contribution in [0.5, 0.6) is 0 Å². The number of fused-ring (bicyclic) bond motifs is 1. The highest BCUT2D eigenvalue weighted by atomic mass is 15.4. The molecule has 0 saturated carbocycles. The van der Waals surface area contributed by atoms with Gasteiger partial charge in [-0.2, -0.15) is 0 Å². The van der Waals surface area contributed by atoms with E-state index in [1.54, 1.807) is 0 Å². The van der Waals surface area contributed by atoms with Gasteiger partial charge in [0, 0.05) is 44.0 Å². The van der Waals surface area contributed by atoms with E-state index in [0.29, 0.717) is 18.1 Å². The van der Waals surface area contributed by atoms with E-state index in [4.69, 9.17) is 4.98 Å². The minimum atomic E-state index is 0.248. The summed E-state index contributed by atoms with van der Waals surface area (Å²) in [5.74, 6) is 1.64. The quantitative estimate of drug-likeness (QED) is 0.779. The first-order valence-electron chi connectivity index (χ1n) is 9.82. The first-order chi connectivity index (χ1) is 12.9. The van der Waals surface area contributed by atoms with Gasteiger partial charge in [0.1, 0.15) is 5.82 Å². The smallest absolute Gasteiger partial charge is 0.128 e. The summed E-state index contributed by atoms with van der Waals surface area (Å²) in [6.45, 7) is 3.21. The molecule has 3 aliphatic heterocycles. The molecule has 3 N–H and O–H groups in total. The van der Waals surface area contributed by atoms with E-state index in [-0.39, 0.29) is 6.04 Å². The van der Waals surface area contributed by atoms with Crippen LogP contribution >= 0.6 is 0 Å². The molecule has 0 bridgehead atoms. The number of hydrogen-bond donors (Lipinski definition) is 3. The third kappa shape index (κ3) is 3.00. The van der Waals surface area contributed by atoms with Gasteiger partial charge in [0.25, 0.3) is 0 Å². The minimum Gasteiger partial charge on any atom is -0.357 e. The molecule has 0 radical (unpaired) electrons. The number of aromatic nitrogens is 3. The molecule has 7 heteroatoms. The summed E-state index contributed by atoms with van der Waals surface area (Å²) in [6, 6.07) is 7.17. The van der Waals surface area contributed by atoms with Gasteiger partial charge in [0.05, 0.1) is 24.2 Å². The maximum Gasteiger partial charge on any atom is 0.128 e. The van der Waals surface area contributed by atoms with Crippen LogP contribution in [0.1, 0.15) is 43.6 Å². The predicted molar refractivity (Wildman–Crippen MR) is 100 cm³/mol. The number of nitrogens with zero attached hydrogens (tertiary/aromatic N) is 4. The summed E-state index contributed by atoms with van der Waals surface area (Å²) in [6.07, 6.45) is 11.0. The van der Waals surface area contributed by atoms with Gasteiger partial charge < -0.3 is 9.47 Å². The standard InChI is InChI=1S/C19H27N7/c1-2-8-25(9-3-1)17-6-4-5-15(22-17)19-14-11-18(26-10-7-20-13-26)21-12-16(14)23-24-19/h4-7,10,13-14,16,18-19,21,23-24H,1-3,8-9,11-12H2. The van der Waals surface area contributed by atoms with E-state index < -0.39 is 0 Å². The van der Waals surface area contributed by atoms with Crippen LogP contribution < -0.4 is 21.1 Å². The van der Waals surface area contributed by atoms with Gasteiger partial charge in [-0.15, -0.1) is 0 Å². The topological polar surface area (TPSA) is 70.0 Å². The van der Waals surface area contributed by atoms with E-state index in [2.05, 4.69) is 48.8 Å². The highest BCUT2D eigenvalue weighted by molar-refractivity contribution is 5.40. The Balaban J connectivity index is 1.36. The molecule has 26 heavy (non-hydrogen) atoms. The van der Waals surface area contributed by atoms with Crippen LogP contribution in [0.2, 0.25) is 0 Å². The largest absolute Gasteiger partial charge is 0.357 e. The number of rotatable bonds is 3. The first kappa shape index (κ1) is 16.2. The number of pyridine rings is 1. The van der Waals surface area contributed by atoms with Crippen molar-refractivity contribution in [1.82, 2.24) is 30.7 Å². The zero-order valence-electron chi connectivity index (χ0n) is 15.0. The SMILES string of the molecule is c1cc(C2NNC3CNC(n4ccnc4)CC32)nc(N2CCCCC2)c1. The van der Waals surface area contributed by atoms with Gasteiger partial charge in [0.2, 0.25) is 0 Å². The van der Waals surface area contributed by atoms with Crippen molar-refractivity contribution in [2.45, 2.75) is 43.9 Å². The van der Waals surface area contributed by atoms with Crippen LogP contribution in [0.25, 0.3) is 0 Å². The summed E-state index contributed by atoms with van der Waals surface area (Å²) in [7, 11) is 0. The van der Waals surface area contributed by atoms with E-state index in [9.17, 15) is 0 Å². The minimum absolute atomic E-state index is 0.248. The van der Waals surface area contributed by atoms with Crippen LogP contribution in [-0.2, 0) is 0 Å². The number of piperidine rings is 2. The lowest BCUT2D eigenvalue weighted by molar-refractivity contribution is 0.216. The second kappa shape index (κ2) is 6.98. The van der Waals surface area contributed by atoms with Crippen LogP contribution in [0, 0.1) is 5.92 Å². The van der Waals surface area contributed by atoms with Crippen LogP contribution in [0.4, 0.5) is 5.82 Å². The van der Waals surface area contributed by atoms with Crippen molar-refractivity contribution in [3.05, 3.63) is 42.6 Å². The predicted octanol–water partition coefficient (Wildman–Crippen LogP) is 1.59. The van der Waals surface area contributed by atoms with Crippen LogP contribution in [0.15, 0.2) is 36.9 Å². The molecule has 0 spiro atoms. The van der Waals surface area contributed by atoms with Gasteiger partial charge >= 0.3 is 0 Å². The van der Waals surface area contributed by atoms with Crippen molar-refractivity contribution in [2.24, 2.45) is 5.92 Å². The Morgan fingerprint density at radius 2 is 2.00 bits per heavy atom. The average molecular weight is 353 g/mol. The van der Waals surface area contributed by atoms with Crippen molar-refractivity contribution in [2.75, 3.05) is 24.5 Å². The number of nitrogens with one attached hydrogen (secondary N) is 3. The number of imidazole rings is 1. The molecule has 0 aliphatic carbocycles. The Morgan fingerprint density at radius 3 is 2.85 bits per heavy atom. The second-order valence-electron chi connectivity index (χ2n) is 7.67. The molecule has 4 unspecified atom stereocenters. The Hall–Kier alpha value is -1.96. The molecule has 0 amide bonds. The van der Waals surface area contributed by atoms with Crippen molar-refractivity contribution < 1.29 is 0 Å². The molecule has 7 nitrogen and oxygen atoms in total. The van der Waals surface area contributed by atoms with E-state index >= 15 is 0 Å². The van der Waals surface area contributed by atoms with Crippen molar-refractivity contribution in [3.8, 4) is 0 Å². The molecule has 2 aromatic rings. The molecule has 0 aromatic carbocycles. The summed E-state index contributed by atoms with van der Waals surface area (Å²) >= 11 is 0. The number of hydrogen-bond acceptors (Lipinski definition) is 6. The zero-order chi connectivity index (χ0) is 17.3. The fraction of sp³-hybridized carbons (Fsp3) is 0.579. The Bertz CT molecular complexity index is 725.